The highest BCUT2D eigenvalue weighted by atomic mass is 19.1. The maximum atomic E-state index is 13.4. The van der Waals surface area contributed by atoms with Crippen LogP contribution in [0.1, 0.15) is 18.3 Å². The monoisotopic (exact) mass is 478 g/mol. The van der Waals surface area contributed by atoms with Crippen LogP contribution in [-0.4, -0.2) is 70.2 Å². The highest BCUT2D eigenvalue weighted by Gasteiger charge is 2.27. The largest absolute Gasteiger partial charge is 0.325 e. The summed E-state index contributed by atoms with van der Waals surface area (Å²) < 4.78 is 15.2. The van der Waals surface area contributed by atoms with E-state index in [4.69, 9.17) is 0 Å². The summed E-state index contributed by atoms with van der Waals surface area (Å²) in [5, 5.41) is 10.4. The molecule has 8 nitrogen and oxygen atoms in total. The molecule has 1 aliphatic heterocycles. The van der Waals surface area contributed by atoms with Crippen LogP contribution in [0.15, 0.2) is 54.6 Å². The number of halogens is 1. The maximum absolute atomic E-state index is 13.4. The molecule has 0 aliphatic carbocycles. The molecule has 9 heteroatoms. The van der Waals surface area contributed by atoms with Crippen molar-refractivity contribution >= 4 is 23.2 Å². The number of anilines is 2. The Bertz CT molecular complexity index is 1190. The Morgan fingerprint density at radius 3 is 2.40 bits per heavy atom. The molecule has 1 aliphatic rings. The Morgan fingerprint density at radius 2 is 1.71 bits per heavy atom. The van der Waals surface area contributed by atoms with Gasteiger partial charge in [-0.05, 0) is 51.1 Å². The van der Waals surface area contributed by atoms with Gasteiger partial charge in [0.25, 0.3) is 0 Å². The predicted molar refractivity (Wildman–Crippen MR) is 134 cm³/mol. The molecule has 3 aromatic rings. The number of carbonyl (C=O) groups excluding carboxylic acids is 2. The number of nitrogens with one attached hydrogen (secondary N) is 2. The fourth-order valence-corrected chi connectivity index (χ4v) is 4.31. The van der Waals surface area contributed by atoms with E-state index in [1.807, 2.05) is 55.8 Å². The molecule has 0 saturated carbocycles. The summed E-state index contributed by atoms with van der Waals surface area (Å²) in [4.78, 5) is 29.5. The molecule has 2 amide bonds. The number of aryl methyl sites for hydroxylation is 1. The second kappa shape index (κ2) is 10.8. The molecule has 4 rings (SSSR count). The molecule has 1 fully saturated rings. The Morgan fingerprint density at radius 1 is 1.00 bits per heavy atom. The predicted octanol–water partition coefficient (Wildman–Crippen LogP) is 3.21. The van der Waals surface area contributed by atoms with Crippen LogP contribution in [0.25, 0.3) is 5.69 Å². The van der Waals surface area contributed by atoms with Gasteiger partial charge in [-0.25, -0.2) is 9.07 Å². The topological polar surface area (TPSA) is 82.5 Å². The summed E-state index contributed by atoms with van der Waals surface area (Å²) >= 11 is 0. The third-order valence-corrected chi connectivity index (χ3v) is 6.35. The molecule has 184 valence electrons. The molecule has 0 bridgehead atoms. The molecule has 1 atom stereocenters. The zero-order chi connectivity index (χ0) is 24.9. The number of para-hydroxylation sites is 1. The number of benzene rings is 2. The van der Waals surface area contributed by atoms with E-state index in [2.05, 4.69) is 25.5 Å². The molecule has 2 aromatic carbocycles. The van der Waals surface area contributed by atoms with Crippen LogP contribution >= 0.6 is 0 Å². The number of hydrogen-bond acceptors (Lipinski definition) is 5. The smallest absolute Gasteiger partial charge is 0.241 e. The standard InChI is InChI=1S/C26H31FN6O2/c1-18-25(19(2)33(30-18)23-10-5-4-6-11-23)29-24(34)17-31-12-14-32(15-13-31)20(3)26(35)28-22-9-7-8-21(27)16-22/h4-11,16,20H,12-15,17H2,1-3H3,(H,28,35)(H,29,34). The van der Waals surface area contributed by atoms with E-state index in [0.29, 0.717) is 31.9 Å². The number of piperazine rings is 1. The fraction of sp³-hybridized carbons (Fsp3) is 0.346. The maximum Gasteiger partial charge on any atom is 0.241 e. The molecule has 35 heavy (non-hydrogen) atoms. The lowest BCUT2D eigenvalue weighted by atomic mass is 10.2. The van der Waals surface area contributed by atoms with Crippen molar-refractivity contribution in [2.24, 2.45) is 0 Å². The summed E-state index contributed by atoms with van der Waals surface area (Å²) in [5.74, 6) is -0.655. The molecular weight excluding hydrogens is 447 g/mol. The van der Waals surface area contributed by atoms with Crippen molar-refractivity contribution in [3.05, 3.63) is 71.8 Å². The van der Waals surface area contributed by atoms with Crippen molar-refractivity contribution in [1.82, 2.24) is 19.6 Å². The summed E-state index contributed by atoms with van der Waals surface area (Å²) in [5.41, 5.74) is 3.77. The van der Waals surface area contributed by atoms with E-state index in [1.165, 1.54) is 12.1 Å². The number of nitrogens with zero attached hydrogens (tertiary/aromatic N) is 4. The Labute approximate surface area is 204 Å². The molecule has 1 aromatic heterocycles. The first kappa shape index (κ1) is 24.6. The van der Waals surface area contributed by atoms with Crippen LogP contribution in [0, 0.1) is 19.7 Å². The van der Waals surface area contributed by atoms with Gasteiger partial charge in [0.05, 0.1) is 35.3 Å². The minimum Gasteiger partial charge on any atom is -0.325 e. The lowest BCUT2D eigenvalue weighted by molar-refractivity contribution is -0.122. The van der Waals surface area contributed by atoms with Crippen molar-refractivity contribution in [1.29, 1.82) is 0 Å². The third-order valence-electron chi connectivity index (χ3n) is 6.35. The minimum absolute atomic E-state index is 0.0887. The second-order valence-corrected chi connectivity index (χ2v) is 8.83. The second-order valence-electron chi connectivity index (χ2n) is 8.83. The first-order valence-corrected chi connectivity index (χ1v) is 11.8. The molecule has 2 N–H and O–H groups in total. The first-order valence-electron chi connectivity index (χ1n) is 11.8. The van der Waals surface area contributed by atoms with Crippen molar-refractivity contribution in [3.63, 3.8) is 0 Å². The highest BCUT2D eigenvalue weighted by molar-refractivity contribution is 5.94. The van der Waals surface area contributed by atoms with E-state index in [1.54, 1.807) is 12.1 Å². The minimum atomic E-state index is -0.389. The fourth-order valence-electron chi connectivity index (χ4n) is 4.31. The Kier molecular flexibility index (Phi) is 7.57. The van der Waals surface area contributed by atoms with Crippen LogP contribution < -0.4 is 10.6 Å². The van der Waals surface area contributed by atoms with E-state index >= 15 is 0 Å². The van der Waals surface area contributed by atoms with Crippen LogP contribution in [-0.2, 0) is 9.59 Å². The van der Waals surface area contributed by atoms with Gasteiger partial charge in [0.1, 0.15) is 5.82 Å². The van der Waals surface area contributed by atoms with E-state index < -0.39 is 0 Å². The van der Waals surface area contributed by atoms with Crippen molar-refractivity contribution < 1.29 is 14.0 Å². The molecule has 1 unspecified atom stereocenters. The van der Waals surface area contributed by atoms with Gasteiger partial charge in [-0.2, -0.15) is 5.10 Å². The van der Waals surface area contributed by atoms with E-state index in [0.717, 1.165) is 22.8 Å². The van der Waals surface area contributed by atoms with Crippen molar-refractivity contribution in [2.45, 2.75) is 26.8 Å². The number of amides is 2. The number of aromatic nitrogens is 2. The molecule has 0 spiro atoms. The van der Waals surface area contributed by atoms with Crippen molar-refractivity contribution in [3.8, 4) is 5.69 Å². The van der Waals surface area contributed by atoms with Crippen LogP contribution in [0.2, 0.25) is 0 Å². The zero-order valence-electron chi connectivity index (χ0n) is 20.3. The number of carbonyl (C=O) groups is 2. The van der Waals surface area contributed by atoms with Crippen LogP contribution in [0.4, 0.5) is 15.8 Å². The average Bonchev–Trinajstić information content (AvgIpc) is 3.13. The van der Waals surface area contributed by atoms with Gasteiger partial charge in [0.15, 0.2) is 0 Å². The van der Waals surface area contributed by atoms with Crippen LogP contribution in [0.3, 0.4) is 0 Å². The zero-order valence-corrected chi connectivity index (χ0v) is 20.3. The first-order chi connectivity index (χ1) is 16.8. The van der Waals surface area contributed by atoms with Gasteiger partial charge in [-0.3, -0.25) is 19.4 Å². The summed E-state index contributed by atoms with van der Waals surface area (Å²) in [7, 11) is 0. The summed E-state index contributed by atoms with van der Waals surface area (Å²) in [6.07, 6.45) is 0. The molecular formula is C26H31FN6O2. The highest BCUT2D eigenvalue weighted by Crippen LogP contribution is 2.23. The van der Waals surface area contributed by atoms with Gasteiger partial charge in [0.2, 0.25) is 11.8 Å². The van der Waals surface area contributed by atoms with Crippen molar-refractivity contribution in [2.75, 3.05) is 43.4 Å². The summed E-state index contributed by atoms with van der Waals surface area (Å²) in [6, 6.07) is 15.3. The van der Waals surface area contributed by atoms with Gasteiger partial charge in [-0.15, -0.1) is 0 Å². The van der Waals surface area contributed by atoms with Gasteiger partial charge >= 0.3 is 0 Å². The Balaban J connectivity index is 1.28. The molecule has 2 heterocycles. The summed E-state index contributed by atoms with van der Waals surface area (Å²) in [6.45, 7) is 8.61. The van der Waals surface area contributed by atoms with Gasteiger partial charge in [-0.1, -0.05) is 24.3 Å². The van der Waals surface area contributed by atoms with Gasteiger partial charge < -0.3 is 10.6 Å². The normalized spacial score (nSPS) is 15.5. The average molecular weight is 479 g/mol. The SMILES string of the molecule is Cc1nn(-c2ccccc2)c(C)c1NC(=O)CN1CCN(C(C)C(=O)Nc2cccc(F)c2)CC1. The number of hydrogen-bond donors (Lipinski definition) is 2. The Hall–Kier alpha value is -3.56. The van der Waals surface area contributed by atoms with Gasteiger partial charge in [0, 0.05) is 31.9 Å². The quantitative estimate of drug-likeness (QED) is 0.545. The van der Waals surface area contributed by atoms with E-state index in [9.17, 15) is 14.0 Å². The number of rotatable bonds is 7. The van der Waals surface area contributed by atoms with E-state index in [-0.39, 0.29) is 30.2 Å². The lowest BCUT2D eigenvalue weighted by Crippen LogP contribution is -2.53. The lowest BCUT2D eigenvalue weighted by Gasteiger charge is -2.37. The molecule has 1 saturated heterocycles. The third kappa shape index (κ3) is 5.93. The molecule has 0 radical (unpaired) electrons. The van der Waals surface area contributed by atoms with Crippen LogP contribution in [0.5, 0.6) is 0 Å².